The monoisotopic (exact) mass is 272 g/mol. The number of anilines is 1. The second-order valence-corrected chi connectivity index (χ2v) is 4.37. The van der Waals surface area contributed by atoms with Gasteiger partial charge in [0.05, 0.1) is 6.54 Å². The molecule has 0 aliphatic rings. The summed E-state index contributed by atoms with van der Waals surface area (Å²) < 4.78 is 20.8. The van der Waals surface area contributed by atoms with Crippen molar-refractivity contribution in [3.8, 4) is 5.69 Å². The molecule has 3 aromatic rings. The predicted molar refractivity (Wildman–Crippen MR) is 72.1 cm³/mol. The minimum atomic E-state index is -0.365. The van der Waals surface area contributed by atoms with Crippen LogP contribution in [-0.2, 0) is 6.54 Å². The molecule has 0 fully saturated rings. The zero-order valence-electron chi connectivity index (χ0n) is 10.9. The third-order valence-electron chi connectivity index (χ3n) is 2.88. The van der Waals surface area contributed by atoms with Crippen molar-refractivity contribution in [1.82, 2.24) is 14.8 Å². The van der Waals surface area contributed by atoms with Gasteiger partial charge in [0.15, 0.2) is 5.82 Å². The van der Waals surface area contributed by atoms with Gasteiger partial charge in [-0.3, -0.25) is 0 Å². The van der Waals surface area contributed by atoms with Gasteiger partial charge in [0.2, 0.25) is 0 Å². The van der Waals surface area contributed by atoms with Crippen LogP contribution in [0.1, 0.15) is 11.5 Å². The third-order valence-corrected chi connectivity index (χ3v) is 2.88. The molecular formula is C14H13FN4O. The maximum atomic E-state index is 14.0. The SMILES string of the molecule is Cc1ccc(CNc2ccc(-n3cncn3)c(F)c2)o1. The van der Waals surface area contributed by atoms with E-state index in [9.17, 15) is 4.39 Å². The highest BCUT2D eigenvalue weighted by Crippen LogP contribution is 2.18. The molecule has 0 spiro atoms. The largest absolute Gasteiger partial charge is 0.465 e. The highest BCUT2D eigenvalue weighted by Gasteiger charge is 2.06. The molecular weight excluding hydrogens is 259 g/mol. The average molecular weight is 272 g/mol. The van der Waals surface area contributed by atoms with Crippen LogP contribution in [-0.4, -0.2) is 14.8 Å². The van der Waals surface area contributed by atoms with E-state index in [-0.39, 0.29) is 5.82 Å². The molecule has 6 heteroatoms. The molecule has 0 aliphatic carbocycles. The van der Waals surface area contributed by atoms with Gasteiger partial charge in [-0.2, -0.15) is 5.10 Å². The van der Waals surface area contributed by atoms with Gasteiger partial charge in [-0.25, -0.2) is 14.1 Å². The predicted octanol–water partition coefficient (Wildman–Crippen LogP) is 2.92. The first-order valence-electron chi connectivity index (χ1n) is 6.16. The minimum Gasteiger partial charge on any atom is -0.465 e. The molecule has 0 saturated carbocycles. The van der Waals surface area contributed by atoms with Crippen LogP contribution in [0.25, 0.3) is 5.69 Å². The van der Waals surface area contributed by atoms with E-state index >= 15 is 0 Å². The standard InChI is InChI=1S/C14H13FN4O/c1-10-2-4-12(20-10)7-17-11-3-5-14(13(15)6-11)19-9-16-8-18-19/h2-6,8-9,17H,7H2,1H3. The number of rotatable bonds is 4. The van der Waals surface area contributed by atoms with Crippen molar-refractivity contribution in [1.29, 1.82) is 0 Å². The Morgan fingerprint density at radius 3 is 2.85 bits per heavy atom. The molecule has 102 valence electrons. The van der Waals surface area contributed by atoms with Gasteiger partial charge >= 0.3 is 0 Å². The Balaban J connectivity index is 1.74. The van der Waals surface area contributed by atoms with Crippen molar-refractivity contribution >= 4 is 5.69 Å². The van der Waals surface area contributed by atoms with Crippen LogP contribution in [0.2, 0.25) is 0 Å². The van der Waals surface area contributed by atoms with Crippen molar-refractivity contribution in [3.63, 3.8) is 0 Å². The lowest BCUT2D eigenvalue weighted by atomic mass is 10.2. The molecule has 0 bridgehead atoms. The molecule has 20 heavy (non-hydrogen) atoms. The fourth-order valence-corrected chi connectivity index (χ4v) is 1.90. The number of halogens is 1. The van der Waals surface area contributed by atoms with E-state index in [4.69, 9.17) is 4.42 Å². The normalized spacial score (nSPS) is 10.7. The molecule has 1 aromatic carbocycles. The van der Waals surface area contributed by atoms with Crippen LogP contribution in [0.4, 0.5) is 10.1 Å². The molecule has 0 atom stereocenters. The van der Waals surface area contributed by atoms with Gasteiger partial charge in [0.25, 0.3) is 0 Å². The topological polar surface area (TPSA) is 55.9 Å². The Morgan fingerprint density at radius 1 is 1.30 bits per heavy atom. The van der Waals surface area contributed by atoms with Gasteiger partial charge in [-0.1, -0.05) is 0 Å². The number of furan rings is 1. The highest BCUT2D eigenvalue weighted by molar-refractivity contribution is 5.49. The third kappa shape index (κ3) is 2.54. The first-order valence-corrected chi connectivity index (χ1v) is 6.16. The number of aromatic nitrogens is 3. The Labute approximate surface area is 115 Å². The Bertz CT molecular complexity index is 706. The lowest BCUT2D eigenvalue weighted by molar-refractivity contribution is 0.490. The summed E-state index contributed by atoms with van der Waals surface area (Å²) in [6.07, 6.45) is 2.82. The molecule has 2 aromatic heterocycles. The van der Waals surface area contributed by atoms with E-state index < -0.39 is 0 Å². The summed E-state index contributed by atoms with van der Waals surface area (Å²) in [7, 11) is 0. The fraction of sp³-hybridized carbons (Fsp3) is 0.143. The van der Waals surface area contributed by atoms with E-state index in [1.54, 1.807) is 12.1 Å². The number of aryl methyl sites for hydroxylation is 1. The molecule has 0 radical (unpaired) electrons. The molecule has 5 nitrogen and oxygen atoms in total. The molecule has 0 amide bonds. The summed E-state index contributed by atoms with van der Waals surface area (Å²) in [5.74, 6) is 1.30. The van der Waals surface area contributed by atoms with Gasteiger partial charge in [-0.15, -0.1) is 0 Å². The summed E-state index contributed by atoms with van der Waals surface area (Å²) in [6, 6.07) is 8.65. The van der Waals surface area contributed by atoms with E-state index in [1.807, 2.05) is 19.1 Å². The lowest BCUT2D eigenvalue weighted by Crippen LogP contribution is -2.02. The highest BCUT2D eigenvalue weighted by atomic mass is 19.1. The van der Waals surface area contributed by atoms with Crippen LogP contribution in [0.3, 0.4) is 0 Å². The number of hydrogen-bond acceptors (Lipinski definition) is 4. The van der Waals surface area contributed by atoms with E-state index in [2.05, 4.69) is 15.4 Å². The molecule has 2 heterocycles. The van der Waals surface area contributed by atoms with E-state index in [0.29, 0.717) is 17.9 Å². The van der Waals surface area contributed by atoms with Gasteiger partial charge in [0, 0.05) is 5.69 Å². The van der Waals surface area contributed by atoms with Crippen molar-refractivity contribution in [2.24, 2.45) is 0 Å². The van der Waals surface area contributed by atoms with Crippen molar-refractivity contribution in [3.05, 3.63) is 60.3 Å². The van der Waals surface area contributed by atoms with Crippen LogP contribution in [0.5, 0.6) is 0 Å². The maximum absolute atomic E-state index is 14.0. The van der Waals surface area contributed by atoms with Crippen molar-refractivity contribution < 1.29 is 8.81 Å². The zero-order chi connectivity index (χ0) is 13.9. The maximum Gasteiger partial charge on any atom is 0.150 e. The van der Waals surface area contributed by atoms with Crippen LogP contribution < -0.4 is 5.32 Å². The van der Waals surface area contributed by atoms with Crippen LogP contribution in [0, 0.1) is 12.7 Å². The average Bonchev–Trinajstić information content (AvgIpc) is 3.08. The first-order chi connectivity index (χ1) is 9.72. The Hall–Kier alpha value is -2.63. The number of nitrogens with one attached hydrogen (secondary N) is 1. The van der Waals surface area contributed by atoms with Crippen LogP contribution in [0.15, 0.2) is 47.4 Å². The second-order valence-electron chi connectivity index (χ2n) is 4.37. The quantitative estimate of drug-likeness (QED) is 0.793. The Morgan fingerprint density at radius 2 is 2.20 bits per heavy atom. The molecule has 0 saturated heterocycles. The smallest absolute Gasteiger partial charge is 0.150 e. The molecule has 3 rings (SSSR count). The number of hydrogen-bond donors (Lipinski definition) is 1. The first kappa shape index (κ1) is 12.4. The summed E-state index contributed by atoms with van der Waals surface area (Å²) in [6.45, 7) is 2.39. The van der Waals surface area contributed by atoms with Crippen molar-refractivity contribution in [2.45, 2.75) is 13.5 Å². The Kier molecular flexibility index (Phi) is 3.20. The van der Waals surface area contributed by atoms with Gasteiger partial charge in [0.1, 0.15) is 29.9 Å². The molecule has 0 aliphatic heterocycles. The summed E-state index contributed by atoms with van der Waals surface area (Å²) >= 11 is 0. The molecule has 1 N–H and O–H groups in total. The fourth-order valence-electron chi connectivity index (χ4n) is 1.90. The number of benzene rings is 1. The minimum absolute atomic E-state index is 0.363. The van der Waals surface area contributed by atoms with E-state index in [0.717, 1.165) is 11.5 Å². The van der Waals surface area contributed by atoms with Crippen molar-refractivity contribution in [2.75, 3.05) is 5.32 Å². The van der Waals surface area contributed by atoms with Gasteiger partial charge < -0.3 is 9.73 Å². The second kappa shape index (κ2) is 5.16. The van der Waals surface area contributed by atoms with Gasteiger partial charge in [-0.05, 0) is 37.3 Å². The zero-order valence-corrected chi connectivity index (χ0v) is 10.9. The summed E-state index contributed by atoms with van der Waals surface area (Å²) in [4.78, 5) is 3.80. The lowest BCUT2D eigenvalue weighted by Gasteiger charge is -2.07. The van der Waals surface area contributed by atoms with Crippen LogP contribution >= 0.6 is 0 Å². The molecule has 0 unspecified atom stereocenters. The summed E-state index contributed by atoms with van der Waals surface area (Å²) in [5, 5.41) is 7.01. The number of nitrogens with zero attached hydrogens (tertiary/aromatic N) is 3. The summed E-state index contributed by atoms with van der Waals surface area (Å²) in [5.41, 5.74) is 1.04. The van der Waals surface area contributed by atoms with E-state index in [1.165, 1.54) is 23.4 Å².